The second-order valence-corrected chi connectivity index (χ2v) is 6.41. The fraction of sp³-hybridized carbons (Fsp3) is 0.222. The quantitative estimate of drug-likeness (QED) is 0.812. The van der Waals surface area contributed by atoms with Gasteiger partial charge in [0.15, 0.2) is 0 Å². The molecule has 0 saturated heterocycles. The van der Waals surface area contributed by atoms with Crippen LogP contribution in [0.15, 0.2) is 47.6 Å². The van der Waals surface area contributed by atoms with Gasteiger partial charge in [0.25, 0.3) is 0 Å². The molecule has 0 saturated carbocycles. The van der Waals surface area contributed by atoms with Gasteiger partial charge < -0.3 is 10.1 Å². The van der Waals surface area contributed by atoms with Gasteiger partial charge in [-0.25, -0.2) is 9.78 Å². The van der Waals surface area contributed by atoms with Crippen molar-refractivity contribution in [2.75, 3.05) is 29.1 Å². The van der Waals surface area contributed by atoms with Crippen molar-refractivity contribution in [3.8, 4) is 0 Å². The number of ether oxygens (including phenoxy) is 1. The number of pyridine rings is 1. The lowest BCUT2D eigenvalue weighted by Gasteiger charge is -2.27. The molecule has 0 bridgehead atoms. The molecule has 26 heavy (non-hydrogen) atoms. The highest BCUT2D eigenvalue weighted by molar-refractivity contribution is 8.00. The second kappa shape index (κ2) is 8.01. The van der Waals surface area contributed by atoms with Crippen LogP contribution in [0.25, 0.3) is 0 Å². The lowest BCUT2D eigenvalue weighted by molar-refractivity contribution is -0.120. The van der Waals surface area contributed by atoms with E-state index < -0.39 is 5.97 Å². The topological polar surface area (TPSA) is 88.6 Å². The highest BCUT2D eigenvalue weighted by atomic mass is 32.2. The lowest BCUT2D eigenvalue weighted by Crippen LogP contribution is -2.41. The van der Waals surface area contributed by atoms with Gasteiger partial charge in [0.1, 0.15) is 11.6 Å². The number of esters is 1. The minimum Gasteiger partial charge on any atom is -0.462 e. The van der Waals surface area contributed by atoms with Gasteiger partial charge in [0, 0.05) is 11.9 Å². The van der Waals surface area contributed by atoms with E-state index in [1.807, 2.05) is 0 Å². The Kier molecular flexibility index (Phi) is 5.52. The highest BCUT2D eigenvalue weighted by Crippen LogP contribution is 2.32. The van der Waals surface area contributed by atoms with Crippen LogP contribution >= 0.6 is 11.8 Å². The van der Waals surface area contributed by atoms with Gasteiger partial charge in [-0.15, -0.1) is 0 Å². The number of nitrogens with zero attached hydrogens (tertiary/aromatic N) is 2. The van der Waals surface area contributed by atoms with Crippen LogP contribution in [-0.2, 0) is 14.3 Å². The maximum absolute atomic E-state index is 12.3. The lowest BCUT2D eigenvalue weighted by atomic mass is 10.2. The first-order valence-electron chi connectivity index (χ1n) is 8.03. The first-order chi connectivity index (χ1) is 12.6. The number of carbonyl (C=O) groups excluding carboxylic acids is 3. The van der Waals surface area contributed by atoms with Crippen LogP contribution in [0.4, 0.5) is 11.4 Å². The van der Waals surface area contributed by atoms with E-state index in [2.05, 4.69) is 10.3 Å². The summed E-state index contributed by atoms with van der Waals surface area (Å²) in [6.45, 7) is 1.94. The Hall–Kier alpha value is -2.87. The Morgan fingerprint density at radius 2 is 2.04 bits per heavy atom. The van der Waals surface area contributed by atoms with E-state index in [-0.39, 0.29) is 24.1 Å². The molecular formula is C18H17N3O4S. The molecule has 0 radical (unpaired) electrons. The summed E-state index contributed by atoms with van der Waals surface area (Å²) in [4.78, 5) is 41.8. The van der Waals surface area contributed by atoms with Gasteiger partial charge >= 0.3 is 5.97 Å². The Labute approximate surface area is 154 Å². The second-order valence-electron chi connectivity index (χ2n) is 5.44. The van der Waals surface area contributed by atoms with Crippen molar-refractivity contribution in [2.24, 2.45) is 0 Å². The van der Waals surface area contributed by atoms with Gasteiger partial charge in [-0.05, 0) is 43.3 Å². The molecule has 0 aliphatic carbocycles. The zero-order valence-electron chi connectivity index (χ0n) is 14.1. The molecule has 2 heterocycles. The van der Waals surface area contributed by atoms with Crippen molar-refractivity contribution in [3.63, 3.8) is 0 Å². The van der Waals surface area contributed by atoms with Crippen LogP contribution in [0.5, 0.6) is 0 Å². The highest BCUT2D eigenvalue weighted by Gasteiger charge is 2.27. The standard InChI is InChI=1S/C18H17N3O4S/c1-2-25-18(24)12-5-7-13(8-6-12)20-15(22)10-21-14-4-3-9-19-17(14)26-11-16(21)23/h3-9H,2,10-11H2,1H3,(H,20,22). The fourth-order valence-electron chi connectivity index (χ4n) is 2.46. The van der Waals surface area contributed by atoms with Crippen molar-refractivity contribution in [2.45, 2.75) is 11.9 Å². The Balaban J connectivity index is 1.66. The number of rotatable bonds is 5. The summed E-state index contributed by atoms with van der Waals surface area (Å²) in [6.07, 6.45) is 1.66. The normalized spacial score (nSPS) is 13.1. The maximum atomic E-state index is 12.3. The molecule has 1 aromatic carbocycles. The summed E-state index contributed by atoms with van der Waals surface area (Å²) in [5, 5.41) is 3.46. The predicted molar refractivity (Wildman–Crippen MR) is 98.3 cm³/mol. The molecule has 0 unspecified atom stereocenters. The molecule has 0 spiro atoms. The monoisotopic (exact) mass is 371 g/mol. The third-order valence-corrected chi connectivity index (χ3v) is 4.64. The molecule has 134 valence electrons. The number of hydrogen-bond acceptors (Lipinski definition) is 6. The number of thioether (sulfide) groups is 1. The van der Waals surface area contributed by atoms with Crippen LogP contribution in [-0.4, -0.2) is 41.7 Å². The predicted octanol–water partition coefficient (Wildman–Crippen LogP) is 2.34. The summed E-state index contributed by atoms with van der Waals surface area (Å²) in [7, 11) is 0. The largest absolute Gasteiger partial charge is 0.462 e. The molecular weight excluding hydrogens is 354 g/mol. The van der Waals surface area contributed by atoms with Crippen LogP contribution in [0, 0.1) is 0 Å². The van der Waals surface area contributed by atoms with E-state index in [0.29, 0.717) is 23.5 Å². The van der Waals surface area contributed by atoms with E-state index in [0.717, 1.165) is 5.03 Å². The molecule has 2 aromatic rings. The van der Waals surface area contributed by atoms with Crippen molar-refractivity contribution < 1.29 is 19.1 Å². The van der Waals surface area contributed by atoms with Crippen LogP contribution in [0.1, 0.15) is 17.3 Å². The number of carbonyl (C=O) groups is 3. The summed E-state index contributed by atoms with van der Waals surface area (Å²) in [5.74, 6) is -0.621. The number of fused-ring (bicyclic) bond motifs is 1. The molecule has 0 fully saturated rings. The van der Waals surface area contributed by atoms with Gasteiger partial charge in [0.2, 0.25) is 11.8 Å². The van der Waals surface area contributed by atoms with E-state index in [4.69, 9.17) is 4.74 Å². The van der Waals surface area contributed by atoms with Gasteiger partial charge in [-0.3, -0.25) is 14.5 Å². The fourth-order valence-corrected chi connectivity index (χ4v) is 3.34. The minimum atomic E-state index is -0.411. The smallest absolute Gasteiger partial charge is 0.338 e. The van der Waals surface area contributed by atoms with Gasteiger partial charge in [-0.1, -0.05) is 11.8 Å². The van der Waals surface area contributed by atoms with E-state index >= 15 is 0 Å². The Morgan fingerprint density at radius 1 is 1.27 bits per heavy atom. The van der Waals surface area contributed by atoms with Crippen LogP contribution < -0.4 is 10.2 Å². The van der Waals surface area contributed by atoms with Crippen LogP contribution in [0.2, 0.25) is 0 Å². The first-order valence-corrected chi connectivity index (χ1v) is 9.02. The summed E-state index contributed by atoms with van der Waals surface area (Å²) < 4.78 is 4.92. The van der Waals surface area contributed by atoms with Crippen molar-refractivity contribution >= 4 is 40.9 Å². The maximum Gasteiger partial charge on any atom is 0.338 e. The summed E-state index contributed by atoms with van der Waals surface area (Å²) in [6, 6.07) is 9.90. The molecule has 1 N–H and O–H groups in total. The third kappa shape index (κ3) is 4.02. The number of anilines is 2. The van der Waals surface area contributed by atoms with Crippen LogP contribution in [0.3, 0.4) is 0 Å². The zero-order chi connectivity index (χ0) is 18.5. The molecule has 7 nitrogen and oxygen atoms in total. The first kappa shape index (κ1) is 17.9. The summed E-state index contributed by atoms with van der Waals surface area (Å²) >= 11 is 1.36. The Bertz CT molecular complexity index is 839. The number of aromatic nitrogens is 1. The van der Waals surface area contributed by atoms with Crippen molar-refractivity contribution in [3.05, 3.63) is 48.2 Å². The van der Waals surface area contributed by atoms with Gasteiger partial charge in [-0.2, -0.15) is 0 Å². The molecule has 3 rings (SSSR count). The number of hydrogen-bond donors (Lipinski definition) is 1. The Morgan fingerprint density at radius 3 is 2.77 bits per heavy atom. The van der Waals surface area contributed by atoms with E-state index in [9.17, 15) is 14.4 Å². The number of benzene rings is 1. The molecule has 1 aliphatic rings. The molecule has 0 atom stereocenters. The molecule has 2 amide bonds. The van der Waals surface area contributed by atoms with Crippen molar-refractivity contribution in [1.82, 2.24) is 4.98 Å². The SMILES string of the molecule is CCOC(=O)c1ccc(NC(=O)CN2C(=O)CSc3ncccc32)cc1. The molecule has 8 heteroatoms. The van der Waals surface area contributed by atoms with E-state index in [1.165, 1.54) is 16.7 Å². The van der Waals surface area contributed by atoms with E-state index in [1.54, 1.807) is 49.5 Å². The number of nitrogens with one attached hydrogen (secondary N) is 1. The average molecular weight is 371 g/mol. The molecule has 1 aromatic heterocycles. The van der Waals surface area contributed by atoms with Crippen molar-refractivity contribution in [1.29, 1.82) is 0 Å². The van der Waals surface area contributed by atoms with Gasteiger partial charge in [0.05, 0.1) is 23.6 Å². The zero-order valence-corrected chi connectivity index (χ0v) is 14.9. The third-order valence-electron chi connectivity index (χ3n) is 3.66. The minimum absolute atomic E-state index is 0.0995. The number of amides is 2. The summed E-state index contributed by atoms with van der Waals surface area (Å²) in [5.41, 5.74) is 1.59. The molecule has 1 aliphatic heterocycles. The average Bonchev–Trinajstić information content (AvgIpc) is 2.65.